The van der Waals surface area contributed by atoms with E-state index >= 15 is 0 Å². The van der Waals surface area contributed by atoms with E-state index in [1.54, 1.807) is 0 Å². The van der Waals surface area contributed by atoms with Crippen molar-refractivity contribution >= 4 is 0 Å². The van der Waals surface area contributed by atoms with Gasteiger partial charge in [-0.05, 0) is 31.9 Å². The summed E-state index contributed by atoms with van der Waals surface area (Å²) in [5.74, 6) is 0.946. The number of hydrogen-bond acceptors (Lipinski definition) is 1. The summed E-state index contributed by atoms with van der Waals surface area (Å²) in [6, 6.07) is 0. The number of likely N-dealkylation sites (tertiary alicyclic amines) is 1. The van der Waals surface area contributed by atoms with Crippen LogP contribution in [-0.2, 0) is 0 Å². The quantitative estimate of drug-likeness (QED) is 0.538. The van der Waals surface area contributed by atoms with Gasteiger partial charge in [0.15, 0.2) is 0 Å². The first-order chi connectivity index (χ1) is 4.83. The van der Waals surface area contributed by atoms with Gasteiger partial charge in [0.25, 0.3) is 0 Å². The summed E-state index contributed by atoms with van der Waals surface area (Å²) in [4.78, 5) is 2.40. The van der Waals surface area contributed by atoms with Crippen molar-refractivity contribution in [3.63, 3.8) is 0 Å². The predicted octanol–water partition coefficient (Wildman–Crippen LogP) is 2.25. The summed E-state index contributed by atoms with van der Waals surface area (Å²) in [5.41, 5.74) is 0. The summed E-state index contributed by atoms with van der Waals surface area (Å²) in [7, 11) is 0. The molecule has 0 aromatic heterocycles. The highest BCUT2D eigenvalue weighted by molar-refractivity contribution is 4.81. The largest absolute Gasteiger partial charge is 0.378 e. The van der Waals surface area contributed by atoms with Gasteiger partial charge in [0.05, 0.1) is 0 Å². The fraction of sp³-hybridized carbons (Fsp3) is 0.778. The Morgan fingerprint density at radius 3 is 2.40 bits per heavy atom. The van der Waals surface area contributed by atoms with Crippen molar-refractivity contribution in [1.82, 2.24) is 4.90 Å². The average molecular weight is 139 g/mol. The van der Waals surface area contributed by atoms with E-state index in [2.05, 4.69) is 31.0 Å². The molecule has 0 unspecified atom stereocenters. The van der Waals surface area contributed by atoms with Gasteiger partial charge in [0, 0.05) is 13.1 Å². The molecule has 58 valence electrons. The summed E-state index contributed by atoms with van der Waals surface area (Å²) in [5, 5.41) is 0. The number of piperidine rings is 1. The lowest BCUT2D eigenvalue weighted by atomic mass is 10.00. The normalized spacial score (nSPS) is 22.4. The molecular formula is C9H17N. The zero-order valence-corrected chi connectivity index (χ0v) is 7.01. The second kappa shape index (κ2) is 3.65. The minimum Gasteiger partial charge on any atom is -0.378 e. The summed E-state index contributed by atoms with van der Waals surface area (Å²) in [6.45, 7) is 6.93. The first kappa shape index (κ1) is 7.64. The van der Waals surface area contributed by atoms with E-state index in [-0.39, 0.29) is 0 Å². The van der Waals surface area contributed by atoms with Crippen molar-refractivity contribution in [1.29, 1.82) is 0 Å². The van der Waals surface area contributed by atoms with Gasteiger partial charge in [0.2, 0.25) is 0 Å². The maximum Gasteiger partial charge on any atom is 0.0174 e. The molecule has 0 radical (unpaired) electrons. The van der Waals surface area contributed by atoms with Gasteiger partial charge in [-0.1, -0.05) is 13.0 Å². The van der Waals surface area contributed by atoms with Gasteiger partial charge >= 0.3 is 0 Å². The Balaban J connectivity index is 2.26. The standard InChI is InChI=1S/C9H17N/c1-3-6-10-7-4-9(2)5-8-10/h3,6,9H,4-5,7-8H2,1-2H3/b6-3-. The third kappa shape index (κ3) is 2.05. The van der Waals surface area contributed by atoms with Crippen LogP contribution in [0.1, 0.15) is 26.7 Å². The molecule has 1 heterocycles. The van der Waals surface area contributed by atoms with E-state index in [0.29, 0.717) is 0 Å². The van der Waals surface area contributed by atoms with E-state index in [1.165, 1.54) is 25.9 Å². The van der Waals surface area contributed by atoms with Gasteiger partial charge in [-0.3, -0.25) is 0 Å². The summed E-state index contributed by atoms with van der Waals surface area (Å²) >= 11 is 0. The van der Waals surface area contributed by atoms with Crippen molar-refractivity contribution in [3.05, 3.63) is 12.3 Å². The van der Waals surface area contributed by atoms with Crippen LogP contribution in [0, 0.1) is 5.92 Å². The third-order valence-electron chi connectivity index (χ3n) is 2.18. The lowest BCUT2D eigenvalue weighted by Gasteiger charge is -2.28. The molecule has 1 aliphatic heterocycles. The van der Waals surface area contributed by atoms with Crippen LogP contribution >= 0.6 is 0 Å². The number of rotatable bonds is 1. The minimum absolute atomic E-state index is 0.946. The van der Waals surface area contributed by atoms with Crippen LogP contribution in [0.4, 0.5) is 0 Å². The van der Waals surface area contributed by atoms with Gasteiger partial charge in [-0.15, -0.1) is 0 Å². The van der Waals surface area contributed by atoms with Crippen LogP contribution in [0.15, 0.2) is 12.3 Å². The molecule has 1 aliphatic rings. The SMILES string of the molecule is C/C=C\N1CCC(C)CC1. The highest BCUT2D eigenvalue weighted by Crippen LogP contribution is 2.15. The van der Waals surface area contributed by atoms with Crippen molar-refractivity contribution in [3.8, 4) is 0 Å². The molecule has 1 rings (SSSR count). The van der Waals surface area contributed by atoms with Crippen LogP contribution < -0.4 is 0 Å². The van der Waals surface area contributed by atoms with Crippen molar-refractivity contribution < 1.29 is 0 Å². The molecule has 10 heavy (non-hydrogen) atoms. The molecule has 0 aromatic rings. The predicted molar refractivity (Wildman–Crippen MR) is 44.8 cm³/mol. The minimum atomic E-state index is 0.946. The molecule has 0 aliphatic carbocycles. The van der Waals surface area contributed by atoms with Gasteiger partial charge in [-0.2, -0.15) is 0 Å². The zero-order chi connectivity index (χ0) is 7.40. The molecule has 0 bridgehead atoms. The molecule has 0 saturated carbocycles. The molecule has 0 N–H and O–H groups in total. The Morgan fingerprint density at radius 2 is 1.90 bits per heavy atom. The van der Waals surface area contributed by atoms with Crippen LogP contribution in [-0.4, -0.2) is 18.0 Å². The van der Waals surface area contributed by atoms with Crippen LogP contribution in [0.3, 0.4) is 0 Å². The van der Waals surface area contributed by atoms with E-state index in [9.17, 15) is 0 Å². The second-order valence-electron chi connectivity index (χ2n) is 3.20. The Hall–Kier alpha value is -0.460. The van der Waals surface area contributed by atoms with Crippen molar-refractivity contribution in [2.24, 2.45) is 5.92 Å². The highest BCUT2D eigenvalue weighted by atomic mass is 15.1. The van der Waals surface area contributed by atoms with Crippen LogP contribution in [0.5, 0.6) is 0 Å². The lowest BCUT2D eigenvalue weighted by molar-refractivity contribution is 0.255. The van der Waals surface area contributed by atoms with Gasteiger partial charge in [-0.25, -0.2) is 0 Å². The lowest BCUT2D eigenvalue weighted by Crippen LogP contribution is -2.28. The maximum atomic E-state index is 2.40. The number of hydrogen-bond donors (Lipinski definition) is 0. The molecule has 0 spiro atoms. The van der Waals surface area contributed by atoms with E-state index in [4.69, 9.17) is 0 Å². The fourth-order valence-corrected chi connectivity index (χ4v) is 1.39. The van der Waals surface area contributed by atoms with Gasteiger partial charge in [0.1, 0.15) is 0 Å². The molecule has 1 fully saturated rings. The molecule has 0 amide bonds. The third-order valence-corrected chi connectivity index (χ3v) is 2.18. The molecule has 1 heteroatoms. The number of nitrogens with zero attached hydrogens (tertiary/aromatic N) is 1. The molecule has 1 saturated heterocycles. The topological polar surface area (TPSA) is 3.24 Å². The van der Waals surface area contributed by atoms with Gasteiger partial charge < -0.3 is 4.90 Å². The van der Waals surface area contributed by atoms with Crippen LogP contribution in [0.2, 0.25) is 0 Å². The zero-order valence-electron chi connectivity index (χ0n) is 7.01. The maximum absolute atomic E-state index is 2.40. The molecular weight excluding hydrogens is 122 g/mol. The highest BCUT2D eigenvalue weighted by Gasteiger charge is 2.11. The molecule has 0 atom stereocenters. The first-order valence-electron chi connectivity index (χ1n) is 4.20. The second-order valence-corrected chi connectivity index (χ2v) is 3.20. The Labute approximate surface area is 63.7 Å². The average Bonchev–Trinajstić information content (AvgIpc) is 1.95. The van der Waals surface area contributed by atoms with E-state index < -0.39 is 0 Å². The smallest absolute Gasteiger partial charge is 0.0174 e. The van der Waals surface area contributed by atoms with Crippen molar-refractivity contribution in [2.45, 2.75) is 26.7 Å². The van der Waals surface area contributed by atoms with Crippen molar-refractivity contribution in [2.75, 3.05) is 13.1 Å². The van der Waals surface area contributed by atoms with E-state index in [0.717, 1.165) is 5.92 Å². The molecule has 1 nitrogen and oxygen atoms in total. The Morgan fingerprint density at radius 1 is 1.30 bits per heavy atom. The van der Waals surface area contributed by atoms with Crippen LogP contribution in [0.25, 0.3) is 0 Å². The monoisotopic (exact) mass is 139 g/mol. The Bertz CT molecular complexity index is 110. The Kier molecular flexibility index (Phi) is 2.79. The summed E-state index contributed by atoms with van der Waals surface area (Å²) in [6.07, 6.45) is 7.05. The fourth-order valence-electron chi connectivity index (χ4n) is 1.39. The van der Waals surface area contributed by atoms with E-state index in [1.807, 2.05) is 0 Å². The summed E-state index contributed by atoms with van der Waals surface area (Å²) < 4.78 is 0. The number of allylic oxidation sites excluding steroid dienone is 1. The first-order valence-corrected chi connectivity index (χ1v) is 4.20. The molecule has 0 aromatic carbocycles.